The fraction of sp³-hybridized carbons (Fsp3) is 0.250. The van der Waals surface area contributed by atoms with Gasteiger partial charge in [0.1, 0.15) is 5.82 Å². The zero-order valence-corrected chi connectivity index (χ0v) is 6.34. The van der Waals surface area contributed by atoms with E-state index in [0.29, 0.717) is 11.3 Å². The van der Waals surface area contributed by atoms with E-state index in [0.717, 1.165) is 0 Å². The van der Waals surface area contributed by atoms with Crippen molar-refractivity contribution in [3.8, 4) is 0 Å². The molecule has 0 aromatic heterocycles. The molecule has 1 atom stereocenters. The van der Waals surface area contributed by atoms with E-state index in [1.54, 1.807) is 6.92 Å². The van der Waals surface area contributed by atoms with Gasteiger partial charge in [-0.1, -0.05) is 0 Å². The summed E-state index contributed by atoms with van der Waals surface area (Å²) in [4.78, 5) is 0. The van der Waals surface area contributed by atoms with Crippen molar-refractivity contribution in [2.75, 3.05) is 5.73 Å². The van der Waals surface area contributed by atoms with Crippen LogP contribution in [0.25, 0.3) is 0 Å². The van der Waals surface area contributed by atoms with Crippen LogP contribution in [0, 0.1) is 5.82 Å². The van der Waals surface area contributed by atoms with Gasteiger partial charge in [0.15, 0.2) is 0 Å². The molecule has 0 radical (unpaired) electrons. The number of anilines is 1. The number of halogens is 1. The number of nitrogen functional groups attached to an aromatic ring is 1. The molecule has 0 amide bonds. The fourth-order valence-electron chi connectivity index (χ4n) is 0.940. The molecule has 0 saturated heterocycles. The second-order valence-corrected chi connectivity index (χ2v) is 2.56. The first-order chi connectivity index (χ1) is 5.11. The molecule has 0 heterocycles. The summed E-state index contributed by atoms with van der Waals surface area (Å²) in [7, 11) is 0. The summed E-state index contributed by atoms with van der Waals surface area (Å²) >= 11 is 0. The molecule has 0 bridgehead atoms. The molecule has 4 N–H and O–H groups in total. The second-order valence-electron chi connectivity index (χ2n) is 2.56. The van der Waals surface area contributed by atoms with Crippen LogP contribution >= 0.6 is 0 Å². The van der Waals surface area contributed by atoms with E-state index in [4.69, 9.17) is 11.5 Å². The SMILES string of the molecule is C[C@@H](N)c1cc(F)ccc1N. The molecular weight excluding hydrogens is 143 g/mol. The van der Waals surface area contributed by atoms with Gasteiger partial charge in [0.2, 0.25) is 0 Å². The van der Waals surface area contributed by atoms with Crippen molar-refractivity contribution in [2.24, 2.45) is 5.73 Å². The molecule has 0 aliphatic carbocycles. The first kappa shape index (κ1) is 8.01. The highest BCUT2D eigenvalue weighted by molar-refractivity contribution is 5.48. The maximum absolute atomic E-state index is 12.6. The molecule has 3 heteroatoms. The van der Waals surface area contributed by atoms with Crippen molar-refractivity contribution in [3.05, 3.63) is 29.6 Å². The van der Waals surface area contributed by atoms with Gasteiger partial charge in [-0.25, -0.2) is 4.39 Å². The minimum atomic E-state index is -0.300. The van der Waals surface area contributed by atoms with Crippen LogP contribution in [0.4, 0.5) is 10.1 Å². The molecule has 0 spiro atoms. The Bertz CT molecular complexity index is 258. The van der Waals surface area contributed by atoms with Crippen LogP contribution in [0.5, 0.6) is 0 Å². The molecule has 60 valence electrons. The Kier molecular flexibility index (Phi) is 2.10. The van der Waals surface area contributed by atoms with Gasteiger partial charge in [0.05, 0.1) is 0 Å². The van der Waals surface area contributed by atoms with Crippen LogP contribution in [0.1, 0.15) is 18.5 Å². The van der Waals surface area contributed by atoms with E-state index < -0.39 is 0 Å². The van der Waals surface area contributed by atoms with E-state index in [1.165, 1.54) is 18.2 Å². The molecule has 1 aromatic carbocycles. The first-order valence-electron chi connectivity index (χ1n) is 3.42. The largest absolute Gasteiger partial charge is 0.398 e. The maximum atomic E-state index is 12.6. The van der Waals surface area contributed by atoms with Crippen LogP contribution in [-0.4, -0.2) is 0 Å². The van der Waals surface area contributed by atoms with Gasteiger partial charge < -0.3 is 11.5 Å². The minimum absolute atomic E-state index is 0.217. The van der Waals surface area contributed by atoms with Gasteiger partial charge in [-0.3, -0.25) is 0 Å². The fourth-order valence-corrected chi connectivity index (χ4v) is 0.940. The average molecular weight is 154 g/mol. The lowest BCUT2D eigenvalue weighted by Gasteiger charge is -2.08. The molecule has 0 fully saturated rings. The van der Waals surface area contributed by atoms with E-state index in [2.05, 4.69) is 0 Å². The highest BCUT2D eigenvalue weighted by Gasteiger charge is 2.04. The van der Waals surface area contributed by atoms with E-state index in [-0.39, 0.29) is 11.9 Å². The van der Waals surface area contributed by atoms with Crippen molar-refractivity contribution in [1.82, 2.24) is 0 Å². The van der Waals surface area contributed by atoms with Crippen LogP contribution in [0.2, 0.25) is 0 Å². The van der Waals surface area contributed by atoms with Crippen molar-refractivity contribution in [2.45, 2.75) is 13.0 Å². The summed E-state index contributed by atoms with van der Waals surface area (Å²) < 4.78 is 12.6. The molecule has 0 aliphatic rings. The third kappa shape index (κ3) is 1.68. The number of hydrogen-bond acceptors (Lipinski definition) is 2. The third-order valence-corrected chi connectivity index (χ3v) is 1.54. The monoisotopic (exact) mass is 154 g/mol. The van der Waals surface area contributed by atoms with E-state index >= 15 is 0 Å². The smallest absolute Gasteiger partial charge is 0.123 e. The normalized spacial score (nSPS) is 13.0. The number of rotatable bonds is 1. The molecule has 11 heavy (non-hydrogen) atoms. The Hall–Kier alpha value is -1.09. The first-order valence-corrected chi connectivity index (χ1v) is 3.42. The van der Waals surface area contributed by atoms with Gasteiger partial charge in [0.25, 0.3) is 0 Å². The summed E-state index contributed by atoms with van der Waals surface area (Å²) in [6.07, 6.45) is 0. The lowest BCUT2D eigenvalue weighted by Crippen LogP contribution is -2.08. The second kappa shape index (κ2) is 2.88. The van der Waals surface area contributed by atoms with Crippen molar-refractivity contribution in [3.63, 3.8) is 0 Å². The summed E-state index contributed by atoms with van der Waals surface area (Å²) in [5.41, 5.74) is 12.3. The Morgan fingerprint density at radius 1 is 1.45 bits per heavy atom. The van der Waals surface area contributed by atoms with Crippen LogP contribution < -0.4 is 11.5 Å². The Morgan fingerprint density at radius 2 is 2.09 bits per heavy atom. The van der Waals surface area contributed by atoms with Crippen molar-refractivity contribution in [1.29, 1.82) is 0 Å². The van der Waals surface area contributed by atoms with Gasteiger partial charge in [-0.15, -0.1) is 0 Å². The van der Waals surface area contributed by atoms with E-state index in [9.17, 15) is 4.39 Å². The molecule has 0 saturated carbocycles. The zero-order valence-electron chi connectivity index (χ0n) is 6.34. The Balaban J connectivity index is 3.13. The van der Waals surface area contributed by atoms with Crippen LogP contribution in [0.15, 0.2) is 18.2 Å². The van der Waals surface area contributed by atoms with Gasteiger partial charge in [-0.2, -0.15) is 0 Å². The van der Waals surface area contributed by atoms with Gasteiger partial charge in [-0.05, 0) is 30.7 Å². The number of hydrogen-bond donors (Lipinski definition) is 2. The number of nitrogens with two attached hydrogens (primary N) is 2. The van der Waals surface area contributed by atoms with E-state index in [1.807, 2.05) is 0 Å². The van der Waals surface area contributed by atoms with Crippen LogP contribution in [0.3, 0.4) is 0 Å². The van der Waals surface area contributed by atoms with Gasteiger partial charge >= 0.3 is 0 Å². The average Bonchev–Trinajstić information content (AvgIpc) is 1.94. The molecular formula is C8H11FN2. The summed E-state index contributed by atoms with van der Waals surface area (Å²) in [5.74, 6) is -0.300. The van der Waals surface area contributed by atoms with Crippen LogP contribution in [-0.2, 0) is 0 Å². The highest BCUT2D eigenvalue weighted by Crippen LogP contribution is 2.18. The maximum Gasteiger partial charge on any atom is 0.123 e. The molecule has 1 rings (SSSR count). The molecule has 2 nitrogen and oxygen atoms in total. The standard InChI is InChI=1S/C8H11FN2/c1-5(10)7-4-6(9)2-3-8(7)11/h2-5H,10-11H2,1H3/t5-/m1/s1. The molecule has 1 aromatic rings. The predicted molar refractivity (Wildman–Crippen MR) is 43.4 cm³/mol. The quantitative estimate of drug-likeness (QED) is 0.601. The summed E-state index contributed by atoms with van der Waals surface area (Å²) in [6, 6.07) is 3.99. The Labute approximate surface area is 65.0 Å². The molecule has 0 unspecified atom stereocenters. The lowest BCUT2D eigenvalue weighted by atomic mass is 10.1. The number of benzene rings is 1. The highest BCUT2D eigenvalue weighted by atomic mass is 19.1. The topological polar surface area (TPSA) is 52.0 Å². The van der Waals surface area contributed by atoms with Crippen molar-refractivity contribution >= 4 is 5.69 Å². The zero-order chi connectivity index (χ0) is 8.43. The third-order valence-electron chi connectivity index (χ3n) is 1.54. The predicted octanol–water partition coefficient (Wildman–Crippen LogP) is 1.43. The molecule has 0 aliphatic heterocycles. The summed E-state index contributed by atoms with van der Waals surface area (Å²) in [5, 5.41) is 0. The summed E-state index contributed by atoms with van der Waals surface area (Å²) in [6.45, 7) is 1.77. The lowest BCUT2D eigenvalue weighted by molar-refractivity contribution is 0.623. The van der Waals surface area contributed by atoms with Crippen molar-refractivity contribution < 1.29 is 4.39 Å². The minimum Gasteiger partial charge on any atom is -0.398 e. The Morgan fingerprint density at radius 3 is 2.55 bits per heavy atom. The van der Waals surface area contributed by atoms with Gasteiger partial charge in [0, 0.05) is 11.7 Å².